The first-order valence-electron chi connectivity index (χ1n) is 6.22. The third-order valence-electron chi connectivity index (χ3n) is 3.44. The minimum atomic E-state index is -0.613. The molecule has 98 valence electrons. The second kappa shape index (κ2) is 5.29. The van der Waals surface area contributed by atoms with Crippen LogP contribution in [0.25, 0.3) is 0 Å². The topological polar surface area (TPSA) is 38.3 Å². The minimum Gasteiger partial charge on any atom is -0.468 e. The summed E-state index contributed by atoms with van der Waals surface area (Å²) in [6, 6.07) is 5.80. The molecule has 0 fully saturated rings. The number of hydrogen-bond donors (Lipinski definition) is 1. The van der Waals surface area contributed by atoms with Gasteiger partial charge in [-0.15, -0.1) is 0 Å². The SMILES string of the molecule is CCCNC1(C(=O)OC)Cc2ccc(Cl)cc2C1. The van der Waals surface area contributed by atoms with Crippen molar-refractivity contribution in [3.63, 3.8) is 0 Å². The van der Waals surface area contributed by atoms with Crippen LogP contribution in [0.5, 0.6) is 0 Å². The maximum atomic E-state index is 12.1. The number of ether oxygens (including phenoxy) is 1. The van der Waals surface area contributed by atoms with Crippen LogP contribution in [0.1, 0.15) is 24.5 Å². The van der Waals surface area contributed by atoms with Gasteiger partial charge < -0.3 is 10.1 Å². The maximum absolute atomic E-state index is 12.1. The van der Waals surface area contributed by atoms with Crippen molar-refractivity contribution in [2.45, 2.75) is 31.7 Å². The van der Waals surface area contributed by atoms with Crippen molar-refractivity contribution in [3.8, 4) is 0 Å². The number of benzene rings is 1. The van der Waals surface area contributed by atoms with E-state index in [0.29, 0.717) is 17.9 Å². The summed E-state index contributed by atoms with van der Waals surface area (Å²) in [7, 11) is 1.44. The predicted octanol–water partition coefficient (Wildman–Crippen LogP) is 2.35. The highest BCUT2D eigenvalue weighted by atomic mass is 35.5. The van der Waals surface area contributed by atoms with Crippen LogP contribution < -0.4 is 5.32 Å². The zero-order chi connectivity index (χ0) is 13.2. The number of nitrogens with one attached hydrogen (secondary N) is 1. The fourth-order valence-electron chi connectivity index (χ4n) is 2.55. The number of fused-ring (bicyclic) bond motifs is 1. The Morgan fingerprint density at radius 1 is 1.44 bits per heavy atom. The molecule has 0 aliphatic heterocycles. The Bertz CT molecular complexity index is 461. The first kappa shape index (κ1) is 13.4. The third kappa shape index (κ3) is 2.38. The number of carbonyl (C=O) groups excluding carboxylic acids is 1. The standard InChI is InChI=1S/C14H18ClNO2/c1-3-6-16-14(13(17)18-2)8-10-4-5-12(15)7-11(10)9-14/h4-5,7,16H,3,6,8-9H2,1-2H3. The summed E-state index contributed by atoms with van der Waals surface area (Å²) in [5, 5.41) is 4.06. The molecule has 0 saturated heterocycles. The largest absolute Gasteiger partial charge is 0.468 e. The second-order valence-corrected chi connectivity index (χ2v) is 5.20. The van der Waals surface area contributed by atoms with Gasteiger partial charge in [0.1, 0.15) is 5.54 Å². The summed E-state index contributed by atoms with van der Waals surface area (Å²) in [5.41, 5.74) is 1.70. The lowest BCUT2D eigenvalue weighted by Gasteiger charge is -2.27. The third-order valence-corrected chi connectivity index (χ3v) is 3.68. The van der Waals surface area contributed by atoms with Gasteiger partial charge in [-0.2, -0.15) is 0 Å². The highest BCUT2D eigenvalue weighted by molar-refractivity contribution is 6.30. The molecule has 0 heterocycles. The van der Waals surface area contributed by atoms with Crippen molar-refractivity contribution < 1.29 is 9.53 Å². The Labute approximate surface area is 112 Å². The quantitative estimate of drug-likeness (QED) is 0.851. The molecule has 0 spiro atoms. The van der Waals surface area contributed by atoms with Gasteiger partial charge in [-0.05, 0) is 36.2 Å². The molecule has 1 atom stereocenters. The van der Waals surface area contributed by atoms with E-state index in [9.17, 15) is 4.79 Å². The Hall–Kier alpha value is -1.06. The zero-order valence-corrected chi connectivity index (χ0v) is 11.5. The molecule has 1 aliphatic carbocycles. The average molecular weight is 268 g/mol. The van der Waals surface area contributed by atoms with Gasteiger partial charge >= 0.3 is 5.97 Å². The minimum absolute atomic E-state index is 0.191. The molecule has 1 N–H and O–H groups in total. The van der Waals surface area contributed by atoms with Crippen LogP contribution in [0.4, 0.5) is 0 Å². The average Bonchev–Trinajstić information content (AvgIpc) is 2.74. The summed E-state index contributed by atoms with van der Waals surface area (Å²) < 4.78 is 4.96. The number of carbonyl (C=O) groups is 1. The van der Waals surface area contributed by atoms with Gasteiger partial charge in [-0.3, -0.25) is 4.79 Å². The van der Waals surface area contributed by atoms with E-state index in [2.05, 4.69) is 12.2 Å². The molecule has 18 heavy (non-hydrogen) atoms. The van der Waals surface area contributed by atoms with Gasteiger partial charge in [0.05, 0.1) is 7.11 Å². The van der Waals surface area contributed by atoms with E-state index in [1.807, 2.05) is 18.2 Å². The van der Waals surface area contributed by atoms with Crippen molar-refractivity contribution in [1.29, 1.82) is 0 Å². The summed E-state index contributed by atoms with van der Waals surface area (Å²) in [6.45, 7) is 2.88. The van der Waals surface area contributed by atoms with E-state index in [4.69, 9.17) is 16.3 Å². The monoisotopic (exact) mass is 267 g/mol. The van der Waals surface area contributed by atoms with E-state index in [-0.39, 0.29) is 5.97 Å². The summed E-state index contributed by atoms with van der Waals surface area (Å²) in [4.78, 5) is 12.1. The lowest BCUT2D eigenvalue weighted by molar-refractivity contribution is -0.148. The molecule has 0 bridgehead atoms. The van der Waals surface area contributed by atoms with E-state index in [0.717, 1.165) is 18.5 Å². The van der Waals surface area contributed by atoms with Crippen LogP contribution in [-0.2, 0) is 22.4 Å². The first-order chi connectivity index (χ1) is 8.61. The normalized spacial score (nSPS) is 21.7. The molecule has 2 rings (SSSR count). The van der Waals surface area contributed by atoms with Crippen molar-refractivity contribution in [1.82, 2.24) is 5.32 Å². The van der Waals surface area contributed by atoms with Crippen molar-refractivity contribution in [3.05, 3.63) is 34.3 Å². The lowest BCUT2D eigenvalue weighted by atomic mass is 9.95. The summed E-state index contributed by atoms with van der Waals surface area (Å²) in [5.74, 6) is -0.191. The predicted molar refractivity (Wildman–Crippen MR) is 71.9 cm³/mol. The second-order valence-electron chi connectivity index (χ2n) is 4.77. The van der Waals surface area contributed by atoms with Gasteiger partial charge in [0, 0.05) is 17.9 Å². The molecular weight excluding hydrogens is 250 g/mol. The van der Waals surface area contributed by atoms with Crippen molar-refractivity contribution >= 4 is 17.6 Å². The highest BCUT2D eigenvalue weighted by Crippen LogP contribution is 2.32. The lowest BCUT2D eigenvalue weighted by Crippen LogP contribution is -2.53. The van der Waals surface area contributed by atoms with Crippen LogP contribution >= 0.6 is 11.6 Å². The molecule has 0 radical (unpaired) electrons. The number of methoxy groups -OCH3 is 1. The number of rotatable bonds is 4. The number of hydrogen-bond acceptors (Lipinski definition) is 3. The molecule has 0 amide bonds. The molecule has 3 nitrogen and oxygen atoms in total. The van der Waals surface area contributed by atoms with Gasteiger partial charge in [0.25, 0.3) is 0 Å². The van der Waals surface area contributed by atoms with E-state index < -0.39 is 5.54 Å². The zero-order valence-electron chi connectivity index (χ0n) is 10.8. The Balaban J connectivity index is 2.28. The Morgan fingerprint density at radius 3 is 2.83 bits per heavy atom. The first-order valence-corrected chi connectivity index (χ1v) is 6.60. The molecule has 1 aliphatic rings. The molecule has 4 heteroatoms. The van der Waals surface area contributed by atoms with Crippen LogP contribution in [0.2, 0.25) is 5.02 Å². The highest BCUT2D eigenvalue weighted by Gasteiger charge is 2.44. The van der Waals surface area contributed by atoms with Crippen LogP contribution in [0.15, 0.2) is 18.2 Å². The van der Waals surface area contributed by atoms with Crippen LogP contribution in [0, 0.1) is 0 Å². The maximum Gasteiger partial charge on any atom is 0.326 e. The fourth-order valence-corrected chi connectivity index (χ4v) is 2.74. The molecule has 0 saturated carbocycles. The van der Waals surface area contributed by atoms with E-state index >= 15 is 0 Å². The molecular formula is C14H18ClNO2. The molecule has 1 unspecified atom stereocenters. The van der Waals surface area contributed by atoms with Gasteiger partial charge in [-0.1, -0.05) is 24.6 Å². The summed E-state index contributed by atoms with van der Waals surface area (Å²) >= 11 is 6.00. The fraction of sp³-hybridized carbons (Fsp3) is 0.500. The van der Waals surface area contributed by atoms with Crippen LogP contribution in [0.3, 0.4) is 0 Å². The van der Waals surface area contributed by atoms with Crippen molar-refractivity contribution in [2.75, 3.05) is 13.7 Å². The van der Waals surface area contributed by atoms with Gasteiger partial charge in [0.15, 0.2) is 0 Å². The number of esters is 1. The summed E-state index contributed by atoms with van der Waals surface area (Å²) in [6.07, 6.45) is 2.30. The number of halogens is 1. The molecule has 0 aromatic heterocycles. The molecule has 1 aromatic rings. The van der Waals surface area contributed by atoms with E-state index in [1.54, 1.807) is 0 Å². The van der Waals surface area contributed by atoms with Gasteiger partial charge in [-0.25, -0.2) is 0 Å². The smallest absolute Gasteiger partial charge is 0.326 e. The molecule has 1 aromatic carbocycles. The van der Waals surface area contributed by atoms with Crippen LogP contribution in [-0.4, -0.2) is 25.2 Å². The Morgan fingerprint density at radius 2 is 2.17 bits per heavy atom. The van der Waals surface area contributed by atoms with Gasteiger partial charge in [0.2, 0.25) is 0 Å². The van der Waals surface area contributed by atoms with E-state index in [1.165, 1.54) is 12.7 Å². The van der Waals surface area contributed by atoms with Crippen molar-refractivity contribution in [2.24, 2.45) is 0 Å². The Kier molecular flexibility index (Phi) is 3.93.